The predicted octanol–water partition coefficient (Wildman–Crippen LogP) is 2.48. The lowest BCUT2D eigenvalue weighted by atomic mass is 9.95. The van der Waals surface area contributed by atoms with E-state index in [4.69, 9.17) is 4.74 Å². The SMILES string of the molecule is COC(=O)c1cc(O[C@H](C)C(=O)NC2CCCCC2)cc(C(=O)OC)c1. The highest BCUT2D eigenvalue weighted by Gasteiger charge is 2.22. The summed E-state index contributed by atoms with van der Waals surface area (Å²) in [5.74, 6) is -1.22. The van der Waals surface area contributed by atoms with Gasteiger partial charge in [0.1, 0.15) is 5.75 Å². The summed E-state index contributed by atoms with van der Waals surface area (Å²) in [5.41, 5.74) is 0.288. The molecule has 142 valence electrons. The monoisotopic (exact) mass is 363 g/mol. The van der Waals surface area contributed by atoms with Gasteiger partial charge in [-0.1, -0.05) is 19.3 Å². The fourth-order valence-corrected chi connectivity index (χ4v) is 2.96. The first-order valence-electron chi connectivity index (χ1n) is 8.73. The number of hydrogen-bond acceptors (Lipinski definition) is 6. The second-order valence-electron chi connectivity index (χ2n) is 6.33. The Bertz CT molecular complexity index is 632. The van der Waals surface area contributed by atoms with E-state index in [1.54, 1.807) is 6.92 Å². The van der Waals surface area contributed by atoms with Gasteiger partial charge in [-0.05, 0) is 38.0 Å². The molecule has 1 aliphatic rings. The van der Waals surface area contributed by atoms with Crippen LogP contribution < -0.4 is 10.1 Å². The van der Waals surface area contributed by atoms with Crippen molar-refractivity contribution in [1.82, 2.24) is 5.32 Å². The Morgan fingerprint density at radius 2 is 1.50 bits per heavy atom. The van der Waals surface area contributed by atoms with Crippen LogP contribution in [0.1, 0.15) is 59.7 Å². The average molecular weight is 363 g/mol. The van der Waals surface area contributed by atoms with Gasteiger partial charge in [0.15, 0.2) is 6.10 Å². The molecule has 1 saturated carbocycles. The highest BCUT2D eigenvalue weighted by Crippen LogP contribution is 2.21. The summed E-state index contributed by atoms with van der Waals surface area (Å²) in [6, 6.07) is 4.40. The van der Waals surface area contributed by atoms with Crippen molar-refractivity contribution in [1.29, 1.82) is 0 Å². The third-order valence-corrected chi connectivity index (χ3v) is 4.38. The molecule has 0 aromatic heterocycles. The van der Waals surface area contributed by atoms with Crippen LogP contribution in [0.2, 0.25) is 0 Å². The smallest absolute Gasteiger partial charge is 0.338 e. The predicted molar refractivity (Wildman–Crippen MR) is 94.2 cm³/mol. The Hall–Kier alpha value is -2.57. The van der Waals surface area contributed by atoms with Crippen molar-refractivity contribution in [3.8, 4) is 5.75 Å². The number of carbonyl (C=O) groups excluding carboxylic acids is 3. The summed E-state index contributed by atoms with van der Waals surface area (Å²) in [6.07, 6.45) is 4.62. The van der Waals surface area contributed by atoms with Gasteiger partial charge in [0.25, 0.3) is 5.91 Å². The molecule has 2 rings (SSSR count). The van der Waals surface area contributed by atoms with E-state index in [0.29, 0.717) is 0 Å². The van der Waals surface area contributed by atoms with Crippen molar-refractivity contribution in [2.24, 2.45) is 0 Å². The molecule has 0 unspecified atom stereocenters. The minimum absolute atomic E-state index is 0.144. The zero-order chi connectivity index (χ0) is 19.1. The minimum Gasteiger partial charge on any atom is -0.481 e. The first-order valence-corrected chi connectivity index (χ1v) is 8.73. The zero-order valence-electron chi connectivity index (χ0n) is 15.4. The Morgan fingerprint density at radius 3 is 2.00 bits per heavy atom. The lowest BCUT2D eigenvalue weighted by Gasteiger charge is -2.24. The van der Waals surface area contributed by atoms with Crippen LogP contribution in [0.3, 0.4) is 0 Å². The topological polar surface area (TPSA) is 90.9 Å². The van der Waals surface area contributed by atoms with Crippen LogP contribution in [0.15, 0.2) is 18.2 Å². The molecule has 7 heteroatoms. The van der Waals surface area contributed by atoms with Crippen molar-refractivity contribution < 1.29 is 28.6 Å². The zero-order valence-corrected chi connectivity index (χ0v) is 15.4. The van der Waals surface area contributed by atoms with Gasteiger partial charge >= 0.3 is 11.9 Å². The number of amides is 1. The molecule has 0 radical (unpaired) electrons. The maximum Gasteiger partial charge on any atom is 0.338 e. The van der Waals surface area contributed by atoms with E-state index in [1.165, 1.54) is 38.8 Å². The van der Waals surface area contributed by atoms with Crippen molar-refractivity contribution in [3.63, 3.8) is 0 Å². The van der Waals surface area contributed by atoms with E-state index in [0.717, 1.165) is 25.7 Å². The van der Waals surface area contributed by atoms with Crippen molar-refractivity contribution >= 4 is 17.8 Å². The van der Waals surface area contributed by atoms with Crippen LogP contribution in [0.4, 0.5) is 0 Å². The van der Waals surface area contributed by atoms with E-state index in [1.807, 2.05) is 0 Å². The first-order chi connectivity index (χ1) is 12.4. The van der Waals surface area contributed by atoms with E-state index in [-0.39, 0.29) is 28.8 Å². The number of benzene rings is 1. The molecule has 0 saturated heterocycles. The molecule has 1 fully saturated rings. The maximum atomic E-state index is 12.3. The quantitative estimate of drug-likeness (QED) is 0.781. The molecule has 0 aliphatic heterocycles. The van der Waals surface area contributed by atoms with Gasteiger partial charge in [0.2, 0.25) is 0 Å². The van der Waals surface area contributed by atoms with Crippen LogP contribution in [-0.2, 0) is 14.3 Å². The molecule has 1 amide bonds. The van der Waals surface area contributed by atoms with Crippen LogP contribution in [0.5, 0.6) is 5.75 Å². The molecule has 0 spiro atoms. The van der Waals surface area contributed by atoms with Gasteiger partial charge in [-0.2, -0.15) is 0 Å². The molecule has 1 aromatic carbocycles. The van der Waals surface area contributed by atoms with E-state index in [2.05, 4.69) is 14.8 Å². The van der Waals surface area contributed by atoms with Gasteiger partial charge in [0, 0.05) is 6.04 Å². The van der Waals surface area contributed by atoms with Crippen molar-refractivity contribution in [2.75, 3.05) is 14.2 Å². The van der Waals surface area contributed by atoms with Crippen molar-refractivity contribution in [3.05, 3.63) is 29.3 Å². The molecular weight excluding hydrogens is 338 g/mol. The number of esters is 2. The number of methoxy groups -OCH3 is 2. The van der Waals surface area contributed by atoms with Gasteiger partial charge in [-0.3, -0.25) is 4.79 Å². The van der Waals surface area contributed by atoms with E-state index < -0.39 is 18.0 Å². The lowest BCUT2D eigenvalue weighted by molar-refractivity contribution is -0.128. The molecular formula is C19H25NO6. The second kappa shape index (κ2) is 9.22. The van der Waals surface area contributed by atoms with Crippen molar-refractivity contribution in [2.45, 2.75) is 51.2 Å². The van der Waals surface area contributed by atoms with E-state index >= 15 is 0 Å². The molecule has 1 aliphatic carbocycles. The normalized spacial score (nSPS) is 15.7. The third-order valence-electron chi connectivity index (χ3n) is 4.38. The molecule has 7 nitrogen and oxygen atoms in total. The molecule has 1 atom stereocenters. The minimum atomic E-state index is -0.768. The molecule has 0 bridgehead atoms. The van der Waals surface area contributed by atoms with Gasteiger partial charge in [-0.25, -0.2) is 9.59 Å². The highest BCUT2D eigenvalue weighted by atomic mass is 16.5. The lowest BCUT2D eigenvalue weighted by Crippen LogP contribution is -2.43. The van der Waals surface area contributed by atoms with Gasteiger partial charge < -0.3 is 19.5 Å². The summed E-state index contributed by atoms with van der Waals surface area (Å²) in [7, 11) is 2.49. The van der Waals surface area contributed by atoms with Gasteiger partial charge in [0.05, 0.1) is 25.3 Å². The van der Waals surface area contributed by atoms with Crippen LogP contribution in [0, 0.1) is 0 Å². The summed E-state index contributed by atoms with van der Waals surface area (Å²) in [6.45, 7) is 1.63. The number of hydrogen-bond donors (Lipinski definition) is 1. The Kier molecular flexibility index (Phi) is 7.00. The molecule has 26 heavy (non-hydrogen) atoms. The van der Waals surface area contributed by atoms with Crippen LogP contribution in [-0.4, -0.2) is 44.2 Å². The number of nitrogens with one attached hydrogen (secondary N) is 1. The molecule has 1 N–H and O–H groups in total. The Labute approximate surface area is 153 Å². The number of rotatable bonds is 6. The van der Waals surface area contributed by atoms with Crippen LogP contribution in [0.25, 0.3) is 0 Å². The fraction of sp³-hybridized carbons (Fsp3) is 0.526. The average Bonchev–Trinajstić information content (AvgIpc) is 2.67. The fourth-order valence-electron chi connectivity index (χ4n) is 2.96. The summed E-state index contributed by atoms with van der Waals surface area (Å²) in [5, 5.41) is 2.99. The second-order valence-corrected chi connectivity index (χ2v) is 6.33. The number of ether oxygens (including phenoxy) is 3. The third kappa shape index (κ3) is 5.21. The van der Waals surface area contributed by atoms with E-state index in [9.17, 15) is 14.4 Å². The van der Waals surface area contributed by atoms with Gasteiger partial charge in [-0.15, -0.1) is 0 Å². The highest BCUT2D eigenvalue weighted by molar-refractivity contribution is 5.96. The summed E-state index contributed by atoms with van der Waals surface area (Å²) >= 11 is 0. The largest absolute Gasteiger partial charge is 0.481 e. The summed E-state index contributed by atoms with van der Waals surface area (Å²) < 4.78 is 15.0. The Morgan fingerprint density at radius 1 is 0.962 bits per heavy atom. The Balaban J connectivity index is 2.11. The molecule has 0 heterocycles. The maximum absolute atomic E-state index is 12.3. The molecule has 1 aromatic rings. The number of carbonyl (C=O) groups is 3. The summed E-state index contributed by atoms with van der Waals surface area (Å²) in [4.78, 5) is 36.0. The standard InChI is InChI=1S/C19H25NO6/c1-12(17(21)20-15-7-5-4-6-8-15)26-16-10-13(18(22)24-2)9-14(11-16)19(23)25-3/h9-12,15H,4-8H2,1-3H3,(H,20,21)/t12-/m1/s1. The van der Waals surface area contributed by atoms with Crippen LogP contribution >= 0.6 is 0 Å². The first kappa shape index (κ1) is 19.8.